The Bertz CT molecular complexity index is 1040. The summed E-state index contributed by atoms with van der Waals surface area (Å²) in [7, 11) is 6.11. The van der Waals surface area contributed by atoms with Gasteiger partial charge in [0.15, 0.2) is 23.1 Å². The number of ether oxygens (including phenoxy) is 4. The van der Waals surface area contributed by atoms with Gasteiger partial charge in [-0.25, -0.2) is 9.98 Å². The highest BCUT2D eigenvalue weighted by Crippen LogP contribution is 2.40. The molecule has 0 atom stereocenters. The summed E-state index contributed by atoms with van der Waals surface area (Å²) < 4.78 is 21.7. The maximum absolute atomic E-state index is 11.0. The standard InChI is InChI=1S/C22H29N7O5/c1-13(2)34-15-8-9-18(27-20(15)25-12-30)28-22(24-4)29-21(23-3)26-14-10-16(31-5)19(33-7)17(11-14)32-6/h8-13H,3H2,1-2,4-7H3,(H3,24,25,26,27,28,29,30). The lowest BCUT2D eigenvalue weighted by Crippen LogP contribution is -2.18. The molecule has 0 unspecified atom stereocenters. The summed E-state index contributed by atoms with van der Waals surface area (Å²) in [5.41, 5.74) is 0.571. The molecule has 0 bridgehead atoms. The van der Waals surface area contributed by atoms with E-state index in [9.17, 15) is 4.79 Å². The van der Waals surface area contributed by atoms with E-state index in [1.807, 2.05) is 13.8 Å². The first-order valence-corrected chi connectivity index (χ1v) is 10.1. The van der Waals surface area contributed by atoms with Gasteiger partial charge in [0.25, 0.3) is 0 Å². The third kappa shape index (κ3) is 6.82. The molecule has 2 rings (SSSR count). The van der Waals surface area contributed by atoms with E-state index in [0.29, 0.717) is 40.9 Å². The summed E-state index contributed by atoms with van der Waals surface area (Å²) in [6.45, 7) is 7.30. The van der Waals surface area contributed by atoms with Crippen LogP contribution in [-0.4, -0.2) is 64.5 Å². The number of rotatable bonds is 9. The molecule has 12 nitrogen and oxygen atoms in total. The van der Waals surface area contributed by atoms with Crippen LogP contribution in [0.2, 0.25) is 0 Å². The van der Waals surface area contributed by atoms with Crippen LogP contribution in [0.15, 0.2) is 39.2 Å². The highest BCUT2D eigenvalue weighted by atomic mass is 16.5. The first-order chi connectivity index (χ1) is 16.4. The van der Waals surface area contributed by atoms with Crippen LogP contribution in [0.3, 0.4) is 0 Å². The molecule has 182 valence electrons. The number of nitrogens with one attached hydrogen (secondary N) is 3. The van der Waals surface area contributed by atoms with Crippen LogP contribution in [0.25, 0.3) is 0 Å². The predicted octanol–water partition coefficient (Wildman–Crippen LogP) is 3.03. The molecular weight excluding hydrogens is 442 g/mol. The number of anilines is 3. The molecule has 12 heteroatoms. The van der Waals surface area contributed by atoms with Crippen molar-refractivity contribution < 1.29 is 23.7 Å². The van der Waals surface area contributed by atoms with Crippen LogP contribution < -0.4 is 34.9 Å². The largest absolute Gasteiger partial charge is 0.493 e. The lowest BCUT2D eigenvalue weighted by molar-refractivity contribution is -0.105. The van der Waals surface area contributed by atoms with Crippen molar-refractivity contribution in [2.24, 2.45) is 15.0 Å². The highest BCUT2D eigenvalue weighted by Gasteiger charge is 2.14. The van der Waals surface area contributed by atoms with Crippen LogP contribution in [0, 0.1) is 0 Å². The topological polar surface area (TPSA) is 140 Å². The Labute approximate surface area is 198 Å². The van der Waals surface area contributed by atoms with Gasteiger partial charge in [-0.1, -0.05) is 0 Å². The van der Waals surface area contributed by atoms with E-state index in [2.05, 4.69) is 42.6 Å². The zero-order valence-corrected chi connectivity index (χ0v) is 20.0. The lowest BCUT2D eigenvalue weighted by Gasteiger charge is -2.15. The second kappa shape index (κ2) is 12.6. The summed E-state index contributed by atoms with van der Waals surface area (Å²) in [5, 5.41) is 8.51. The van der Waals surface area contributed by atoms with Crippen molar-refractivity contribution in [2.45, 2.75) is 20.0 Å². The van der Waals surface area contributed by atoms with E-state index < -0.39 is 0 Å². The van der Waals surface area contributed by atoms with Crippen LogP contribution >= 0.6 is 0 Å². The first kappa shape index (κ1) is 25.9. The van der Waals surface area contributed by atoms with Gasteiger partial charge in [0.05, 0.1) is 27.4 Å². The SMILES string of the molecule is C=NC(=NC(=NC)Nc1ccc(OC(C)C)c(NC=O)n1)Nc1cc(OC)c(OC)c(OC)c1. The van der Waals surface area contributed by atoms with Crippen LogP contribution in [0.5, 0.6) is 23.0 Å². The number of methoxy groups -OCH3 is 3. The van der Waals surface area contributed by atoms with Gasteiger partial charge in [-0.15, -0.1) is 0 Å². The van der Waals surface area contributed by atoms with E-state index in [-0.39, 0.29) is 23.8 Å². The fourth-order valence-corrected chi connectivity index (χ4v) is 2.76. The Morgan fingerprint density at radius 1 is 1.03 bits per heavy atom. The quantitative estimate of drug-likeness (QED) is 0.288. The minimum Gasteiger partial charge on any atom is -0.493 e. The molecule has 34 heavy (non-hydrogen) atoms. The lowest BCUT2D eigenvalue weighted by atomic mass is 10.2. The zero-order chi connectivity index (χ0) is 25.1. The Hall–Kier alpha value is -4.35. The molecular formula is C22H29N7O5. The van der Waals surface area contributed by atoms with E-state index in [0.717, 1.165) is 0 Å². The Balaban J connectivity index is 2.29. The van der Waals surface area contributed by atoms with Gasteiger partial charge >= 0.3 is 0 Å². The Kier molecular flexibility index (Phi) is 9.62. The van der Waals surface area contributed by atoms with Gasteiger partial charge in [-0.05, 0) is 32.7 Å². The minimum atomic E-state index is -0.0901. The maximum atomic E-state index is 11.0. The molecule has 0 aliphatic heterocycles. The van der Waals surface area contributed by atoms with Crippen molar-refractivity contribution in [2.75, 3.05) is 44.3 Å². The fourth-order valence-electron chi connectivity index (χ4n) is 2.76. The second-order valence-corrected chi connectivity index (χ2v) is 6.78. The number of hydrogen-bond donors (Lipinski definition) is 3. The van der Waals surface area contributed by atoms with Crippen molar-refractivity contribution in [3.63, 3.8) is 0 Å². The van der Waals surface area contributed by atoms with Crippen molar-refractivity contribution in [1.82, 2.24) is 4.98 Å². The molecule has 2 aromatic rings. The molecule has 0 spiro atoms. The molecule has 3 N–H and O–H groups in total. The van der Waals surface area contributed by atoms with Gasteiger partial charge in [0.2, 0.25) is 24.1 Å². The van der Waals surface area contributed by atoms with Gasteiger partial charge in [0, 0.05) is 24.9 Å². The summed E-state index contributed by atoms with van der Waals surface area (Å²) in [4.78, 5) is 27.7. The van der Waals surface area contributed by atoms with Gasteiger partial charge < -0.3 is 34.9 Å². The number of guanidine groups is 2. The number of amides is 1. The predicted molar refractivity (Wildman–Crippen MR) is 133 cm³/mol. The second-order valence-electron chi connectivity index (χ2n) is 6.78. The fraction of sp³-hybridized carbons (Fsp3) is 0.318. The number of pyridine rings is 1. The van der Waals surface area contributed by atoms with Gasteiger partial charge in [-0.3, -0.25) is 9.79 Å². The summed E-state index contributed by atoms with van der Waals surface area (Å²) in [6.07, 6.45) is 0.431. The van der Waals surface area contributed by atoms with E-state index in [1.54, 1.807) is 31.3 Å². The number of benzene rings is 1. The Morgan fingerprint density at radius 3 is 2.21 bits per heavy atom. The summed E-state index contributed by atoms with van der Waals surface area (Å²) in [6, 6.07) is 6.75. The molecule has 1 heterocycles. The molecule has 0 radical (unpaired) electrons. The highest BCUT2D eigenvalue weighted by molar-refractivity contribution is 6.07. The minimum absolute atomic E-state index is 0.0901. The van der Waals surface area contributed by atoms with Crippen molar-refractivity contribution in [1.29, 1.82) is 0 Å². The number of carbonyl (C=O) groups excluding carboxylic acids is 1. The maximum Gasteiger partial charge on any atom is 0.229 e. The number of nitrogens with zero attached hydrogens (tertiary/aromatic N) is 4. The number of hydrogen-bond acceptors (Lipinski definition) is 7. The molecule has 1 amide bonds. The Morgan fingerprint density at radius 2 is 1.71 bits per heavy atom. The van der Waals surface area contributed by atoms with Crippen LogP contribution in [-0.2, 0) is 4.79 Å². The van der Waals surface area contributed by atoms with E-state index in [1.165, 1.54) is 21.3 Å². The molecule has 1 aromatic heterocycles. The molecule has 0 fully saturated rings. The number of carbonyl (C=O) groups is 1. The average Bonchev–Trinajstić information content (AvgIpc) is 2.83. The first-order valence-electron chi connectivity index (χ1n) is 10.1. The zero-order valence-electron chi connectivity index (χ0n) is 20.0. The van der Waals surface area contributed by atoms with E-state index in [4.69, 9.17) is 18.9 Å². The molecule has 0 aliphatic carbocycles. The van der Waals surface area contributed by atoms with Crippen molar-refractivity contribution in [3.8, 4) is 23.0 Å². The average molecular weight is 472 g/mol. The molecule has 0 aliphatic rings. The van der Waals surface area contributed by atoms with E-state index >= 15 is 0 Å². The smallest absolute Gasteiger partial charge is 0.229 e. The van der Waals surface area contributed by atoms with Crippen molar-refractivity contribution >= 4 is 42.4 Å². The van der Waals surface area contributed by atoms with Crippen LogP contribution in [0.4, 0.5) is 17.3 Å². The number of aliphatic imine (C=N–C) groups is 3. The third-order valence-electron chi connectivity index (χ3n) is 4.15. The summed E-state index contributed by atoms with van der Waals surface area (Å²) in [5.74, 6) is 2.76. The normalized spacial score (nSPS) is 11.5. The van der Waals surface area contributed by atoms with Crippen molar-refractivity contribution in [3.05, 3.63) is 24.3 Å². The third-order valence-corrected chi connectivity index (χ3v) is 4.15. The van der Waals surface area contributed by atoms with Crippen LogP contribution in [0.1, 0.15) is 13.8 Å². The number of aromatic nitrogens is 1. The van der Waals surface area contributed by atoms with Gasteiger partial charge in [0.1, 0.15) is 5.82 Å². The molecule has 0 saturated heterocycles. The molecule has 0 saturated carbocycles. The monoisotopic (exact) mass is 471 g/mol. The summed E-state index contributed by atoms with van der Waals surface area (Å²) >= 11 is 0. The molecule has 1 aromatic carbocycles. The van der Waals surface area contributed by atoms with Gasteiger partial charge in [-0.2, -0.15) is 4.99 Å².